The molecule has 3 N–H and O–H groups in total. The number of aryl methyl sites for hydroxylation is 1. The minimum Gasteiger partial charge on any atom is -0.365 e. The summed E-state index contributed by atoms with van der Waals surface area (Å²) < 4.78 is 2.00. The molecule has 7 nitrogen and oxygen atoms in total. The molecule has 2 amide bonds. The number of nitrogens with one attached hydrogen (secondary N) is 1. The van der Waals surface area contributed by atoms with Crippen molar-refractivity contribution in [1.82, 2.24) is 9.55 Å². The van der Waals surface area contributed by atoms with Gasteiger partial charge in [-0.15, -0.1) is 11.3 Å². The zero-order valence-corrected chi connectivity index (χ0v) is 16.5. The van der Waals surface area contributed by atoms with E-state index in [0.717, 1.165) is 34.2 Å². The van der Waals surface area contributed by atoms with Gasteiger partial charge in [-0.2, -0.15) is 0 Å². The molecule has 3 aromatic rings. The molecule has 1 aliphatic carbocycles. The summed E-state index contributed by atoms with van der Waals surface area (Å²) in [5, 5.41) is 3.62. The van der Waals surface area contributed by atoms with E-state index in [1.165, 1.54) is 22.2 Å². The Bertz CT molecular complexity index is 1150. The third kappa shape index (κ3) is 3.28. The number of halogens is 1. The predicted molar refractivity (Wildman–Crippen MR) is 107 cm³/mol. The average Bonchev–Trinajstić information content (AvgIpc) is 3.18. The van der Waals surface area contributed by atoms with E-state index in [4.69, 9.17) is 5.73 Å². The van der Waals surface area contributed by atoms with Crippen molar-refractivity contribution in [2.24, 2.45) is 5.73 Å². The molecule has 0 bridgehead atoms. The number of nitrogens with zero attached hydrogens (tertiary/aromatic N) is 2. The molecule has 0 radical (unpaired) electrons. The Labute approximate surface area is 166 Å². The molecule has 2 heterocycles. The van der Waals surface area contributed by atoms with Crippen LogP contribution in [0, 0.1) is 0 Å². The molecule has 2 aromatic heterocycles. The van der Waals surface area contributed by atoms with Crippen LogP contribution in [0.1, 0.15) is 27.2 Å². The second-order valence-electron chi connectivity index (χ2n) is 6.31. The lowest BCUT2D eigenvalue weighted by molar-refractivity contribution is -0.116. The second kappa shape index (κ2) is 6.90. The summed E-state index contributed by atoms with van der Waals surface area (Å²) in [5.74, 6) is -0.949. The van der Waals surface area contributed by atoms with Crippen LogP contribution in [0.5, 0.6) is 0 Å². The Morgan fingerprint density at radius 3 is 2.93 bits per heavy atom. The van der Waals surface area contributed by atoms with E-state index in [9.17, 15) is 14.4 Å². The lowest BCUT2D eigenvalue weighted by Crippen LogP contribution is -2.28. The van der Waals surface area contributed by atoms with Gasteiger partial charge >= 0.3 is 0 Å². The van der Waals surface area contributed by atoms with Gasteiger partial charge in [0.15, 0.2) is 0 Å². The van der Waals surface area contributed by atoms with Crippen molar-refractivity contribution in [3.05, 3.63) is 55.4 Å². The molecule has 0 unspecified atom stereocenters. The van der Waals surface area contributed by atoms with Crippen LogP contribution in [0.4, 0.5) is 5.00 Å². The van der Waals surface area contributed by atoms with E-state index < -0.39 is 11.8 Å². The number of aromatic nitrogens is 2. The maximum absolute atomic E-state index is 12.6. The highest BCUT2D eigenvalue weighted by Crippen LogP contribution is 2.38. The van der Waals surface area contributed by atoms with E-state index in [1.807, 2.05) is 0 Å². The molecule has 0 spiro atoms. The number of rotatable bonds is 4. The summed E-state index contributed by atoms with van der Waals surface area (Å²) >= 11 is 4.71. The molecular weight excluding hydrogens is 432 g/mol. The molecule has 0 saturated carbocycles. The van der Waals surface area contributed by atoms with Gasteiger partial charge in [0.2, 0.25) is 5.91 Å². The van der Waals surface area contributed by atoms with Gasteiger partial charge in [0, 0.05) is 9.35 Å². The fourth-order valence-electron chi connectivity index (χ4n) is 3.32. The van der Waals surface area contributed by atoms with Crippen LogP contribution >= 0.6 is 27.3 Å². The maximum Gasteiger partial charge on any atom is 0.261 e. The number of benzene rings is 1. The molecular formula is C18H15BrN4O3S. The topological polar surface area (TPSA) is 107 Å². The lowest BCUT2D eigenvalue weighted by Gasteiger charge is -2.08. The summed E-state index contributed by atoms with van der Waals surface area (Å²) in [5.41, 5.74) is 7.10. The van der Waals surface area contributed by atoms with Crippen LogP contribution in [0.2, 0.25) is 0 Å². The van der Waals surface area contributed by atoms with Crippen LogP contribution in [0.25, 0.3) is 10.9 Å². The number of thiophene rings is 1. The largest absolute Gasteiger partial charge is 0.365 e. The monoisotopic (exact) mass is 446 g/mol. The smallest absolute Gasteiger partial charge is 0.261 e. The Kier molecular flexibility index (Phi) is 4.56. The number of hydrogen-bond acceptors (Lipinski definition) is 5. The normalized spacial score (nSPS) is 12.9. The summed E-state index contributed by atoms with van der Waals surface area (Å²) in [6.07, 6.45) is 4.02. The van der Waals surface area contributed by atoms with Crippen LogP contribution in [0.15, 0.2) is 33.8 Å². The van der Waals surface area contributed by atoms with Crippen LogP contribution in [-0.4, -0.2) is 21.4 Å². The molecule has 0 saturated heterocycles. The minimum atomic E-state index is -0.543. The molecule has 1 aliphatic rings. The van der Waals surface area contributed by atoms with Gasteiger partial charge in [0.25, 0.3) is 11.5 Å². The molecule has 0 aliphatic heterocycles. The van der Waals surface area contributed by atoms with Crippen molar-refractivity contribution in [2.75, 3.05) is 5.32 Å². The van der Waals surface area contributed by atoms with Crippen molar-refractivity contribution < 1.29 is 9.59 Å². The highest BCUT2D eigenvalue weighted by molar-refractivity contribution is 9.10. The SMILES string of the molecule is NC(=O)c1c(NC(=O)Cn2cnc3ccc(Br)cc3c2=O)sc2c1CCC2. The van der Waals surface area contributed by atoms with Crippen molar-refractivity contribution in [2.45, 2.75) is 25.8 Å². The van der Waals surface area contributed by atoms with Crippen molar-refractivity contribution in [1.29, 1.82) is 0 Å². The third-order valence-corrected chi connectivity index (χ3v) is 6.22. The number of hydrogen-bond donors (Lipinski definition) is 2. The van der Waals surface area contributed by atoms with Crippen LogP contribution in [0.3, 0.4) is 0 Å². The van der Waals surface area contributed by atoms with Gasteiger partial charge in [0.05, 0.1) is 22.8 Å². The van der Waals surface area contributed by atoms with Gasteiger partial charge in [-0.3, -0.25) is 19.0 Å². The molecule has 4 rings (SSSR count). The summed E-state index contributed by atoms with van der Waals surface area (Å²) in [6, 6.07) is 5.21. The molecule has 1 aromatic carbocycles. The van der Waals surface area contributed by atoms with Gasteiger partial charge < -0.3 is 11.1 Å². The zero-order valence-electron chi connectivity index (χ0n) is 14.1. The van der Waals surface area contributed by atoms with E-state index >= 15 is 0 Å². The van der Waals surface area contributed by atoms with E-state index in [2.05, 4.69) is 26.2 Å². The third-order valence-electron chi connectivity index (χ3n) is 4.52. The Hall–Kier alpha value is -2.52. The van der Waals surface area contributed by atoms with Crippen molar-refractivity contribution in [3.63, 3.8) is 0 Å². The second-order valence-corrected chi connectivity index (χ2v) is 8.33. The number of fused-ring (bicyclic) bond motifs is 2. The first-order chi connectivity index (χ1) is 12.9. The zero-order chi connectivity index (χ0) is 19.1. The number of carbonyl (C=O) groups excluding carboxylic acids is 2. The first-order valence-corrected chi connectivity index (χ1v) is 9.94. The average molecular weight is 447 g/mol. The first-order valence-electron chi connectivity index (χ1n) is 8.33. The number of carbonyl (C=O) groups is 2. The van der Waals surface area contributed by atoms with Gasteiger partial charge in [-0.25, -0.2) is 4.98 Å². The Morgan fingerprint density at radius 1 is 1.33 bits per heavy atom. The molecule has 0 atom stereocenters. The highest BCUT2D eigenvalue weighted by atomic mass is 79.9. The maximum atomic E-state index is 12.6. The quantitative estimate of drug-likeness (QED) is 0.641. The van der Waals surface area contributed by atoms with E-state index in [-0.39, 0.29) is 12.1 Å². The molecule has 9 heteroatoms. The van der Waals surface area contributed by atoms with Crippen LogP contribution in [-0.2, 0) is 24.2 Å². The van der Waals surface area contributed by atoms with Crippen molar-refractivity contribution >= 4 is 55.0 Å². The lowest BCUT2D eigenvalue weighted by atomic mass is 10.1. The van der Waals surface area contributed by atoms with Crippen molar-refractivity contribution in [3.8, 4) is 0 Å². The molecule has 138 valence electrons. The standard InChI is InChI=1S/C18H15BrN4O3S/c19-9-4-5-12-11(6-9)18(26)23(8-21-12)7-14(24)22-17-15(16(20)25)10-2-1-3-13(10)27-17/h4-6,8H,1-3,7H2,(H2,20,25)(H,22,24). The fraction of sp³-hybridized carbons (Fsp3) is 0.222. The van der Waals surface area contributed by atoms with E-state index in [1.54, 1.807) is 18.2 Å². The Morgan fingerprint density at radius 2 is 2.15 bits per heavy atom. The van der Waals surface area contributed by atoms with Gasteiger partial charge in [0.1, 0.15) is 11.5 Å². The number of nitrogens with two attached hydrogens (primary N) is 1. The number of anilines is 1. The van der Waals surface area contributed by atoms with Crippen LogP contribution < -0.4 is 16.6 Å². The van der Waals surface area contributed by atoms with Gasteiger partial charge in [-0.1, -0.05) is 15.9 Å². The fourth-order valence-corrected chi connectivity index (χ4v) is 4.99. The number of primary amides is 1. The summed E-state index contributed by atoms with van der Waals surface area (Å²) in [4.78, 5) is 42.2. The predicted octanol–water partition coefficient (Wildman–Crippen LogP) is 2.45. The van der Waals surface area contributed by atoms with Gasteiger partial charge in [-0.05, 0) is 43.0 Å². The molecule has 27 heavy (non-hydrogen) atoms. The van der Waals surface area contributed by atoms with E-state index in [0.29, 0.717) is 21.5 Å². The summed E-state index contributed by atoms with van der Waals surface area (Å²) in [7, 11) is 0. The highest BCUT2D eigenvalue weighted by Gasteiger charge is 2.26. The first kappa shape index (κ1) is 17.9. The number of amides is 2. The Balaban J connectivity index is 1.61. The molecule has 0 fully saturated rings. The minimum absolute atomic E-state index is 0.199. The summed E-state index contributed by atoms with van der Waals surface area (Å²) in [6.45, 7) is -0.199.